The van der Waals surface area contributed by atoms with E-state index >= 15 is 0 Å². The highest BCUT2D eigenvalue weighted by molar-refractivity contribution is 6.05. The van der Waals surface area contributed by atoms with Gasteiger partial charge in [-0.25, -0.2) is 4.99 Å². The first kappa shape index (κ1) is 13.4. The third-order valence-electron chi connectivity index (χ3n) is 3.21. The largest absolute Gasteiger partial charge is 0.369 e. The lowest BCUT2D eigenvalue weighted by atomic mass is 10.0. The fourth-order valence-corrected chi connectivity index (χ4v) is 2.26. The van der Waals surface area contributed by atoms with E-state index in [9.17, 15) is 0 Å². The van der Waals surface area contributed by atoms with Gasteiger partial charge in [-0.1, -0.05) is 26.0 Å². The summed E-state index contributed by atoms with van der Waals surface area (Å²) < 4.78 is 0. The van der Waals surface area contributed by atoms with Crippen LogP contribution in [0.2, 0.25) is 0 Å². The second-order valence-electron chi connectivity index (χ2n) is 5.52. The summed E-state index contributed by atoms with van der Waals surface area (Å²) in [7, 11) is 0. The molecular weight excluding hydrogens is 238 g/mol. The standard InChI is InChI=1S/C14H21N5/c1-9(2)10-5-7-11(8-6-10)19-13(16)17-12(15)18-14(19,3)4/h5-9H,1-4H3,(H4,15,16,17,18). The van der Waals surface area contributed by atoms with Gasteiger partial charge in [0.05, 0.1) is 0 Å². The smallest absolute Gasteiger partial charge is 0.220 e. The number of hydrogen-bond acceptors (Lipinski definition) is 5. The Kier molecular flexibility index (Phi) is 3.22. The van der Waals surface area contributed by atoms with Gasteiger partial charge in [0.1, 0.15) is 5.66 Å². The molecule has 5 heteroatoms. The van der Waals surface area contributed by atoms with Gasteiger partial charge in [0, 0.05) is 5.69 Å². The van der Waals surface area contributed by atoms with Gasteiger partial charge in [0.25, 0.3) is 0 Å². The number of nitrogens with zero attached hydrogens (tertiary/aromatic N) is 3. The first-order valence-corrected chi connectivity index (χ1v) is 6.41. The maximum absolute atomic E-state index is 5.99. The van der Waals surface area contributed by atoms with Crippen LogP contribution in [0.5, 0.6) is 0 Å². The van der Waals surface area contributed by atoms with Crippen LogP contribution in [0.15, 0.2) is 34.3 Å². The van der Waals surface area contributed by atoms with E-state index in [1.54, 1.807) is 0 Å². The average Bonchev–Trinajstić information content (AvgIpc) is 2.26. The van der Waals surface area contributed by atoms with E-state index < -0.39 is 5.66 Å². The molecule has 1 aliphatic heterocycles. The van der Waals surface area contributed by atoms with E-state index in [0.717, 1.165) is 5.69 Å². The summed E-state index contributed by atoms with van der Waals surface area (Å²) in [4.78, 5) is 10.3. The molecule has 2 rings (SSSR count). The Hall–Kier alpha value is -2.04. The van der Waals surface area contributed by atoms with Crippen LogP contribution in [0.4, 0.5) is 5.69 Å². The first-order valence-electron chi connectivity index (χ1n) is 6.41. The highest BCUT2D eigenvalue weighted by Gasteiger charge is 2.32. The van der Waals surface area contributed by atoms with Crippen LogP contribution < -0.4 is 16.4 Å². The zero-order valence-corrected chi connectivity index (χ0v) is 11.9. The van der Waals surface area contributed by atoms with Gasteiger partial charge in [0.15, 0.2) is 0 Å². The van der Waals surface area contributed by atoms with Crippen molar-refractivity contribution in [1.82, 2.24) is 0 Å². The van der Waals surface area contributed by atoms with Gasteiger partial charge in [-0.15, -0.1) is 0 Å². The molecule has 102 valence electrons. The van der Waals surface area contributed by atoms with Crippen molar-refractivity contribution in [2.24, 2.45) is 21.5 Å². The molecule has 1 aromatic rings. The molecule has 4 N–H and O–H groups in total. The van der Waals surface area contributed by atoms with Crippen LogP contribution in [0.25, 0.3) is 0 Å². The maximum Gasteiger partial charge on any atom is 0.220 e. The fourth-order valence-electron chi connectivity index (χ4n) is 2.26. The Morgan fingerprint density at radius 3 is 2.16 bits per heavy atom. The average molecular weight is 259 g/mol. The number of guanidine groups is 2. The molecule has 1 aliphatic rings. The molecule has 0 unspecified atom stereocenters. The lowest BCUT2D eigenvalue weighted by Crippen LogP contribution is -2.54. The lowest BCUT2D eigenvalue weighted by Gasteiger charge is -2.38. The van der Waals surface area contributed by atoms with Gasteiger partial charge in [-0.2, -0.15) is 4.99 Å². The zero-order chi connectivity index (χ0) is 14.2. The molecule has 0 saturated heterocycles. The topological polar surface area (TPSA) is 80.0 Å². The monoisotopic (exact) mass is 259 g/mol. The molecule has 0 amide bonds. The van der Waals surface area contributed by atoms with Gasteiger partial charge >= 0.3 is 0 Å². The van der Waals surface area contributed by atoms with Gasteiger partial charge in [-0.05, 0) is 37.5 Å². The van der Waals surface area contributed by atoms with Crippen molar-refractivity contribution < 1.29 is 0 Å². The third-order valence-corrected chi connectivity index (χ3v) is 3.21. The summed E-state index contributed by atoms with van der Waals surface area (Å²) >= 11 is 0. The van der Waals surface area contributed by atoms with Crippen molar-refractivity contribution in [3.8, 4) is 0 Å². The molecule has 0 atom stereocenters. The minimum Gasteiger partial charge on any atom is -0.369 e. The summed E-state index contributed by atoms with van der Waals surface area (Å²) in [5.41, 5.74) is 13.4. The molecule has 19 heavy (non-hydrogen) atoms. The number of benzene rings is 1. The summed E-state index contributed by atoms with van der Waals surface area (Å²) in [6, 6.07) is 8.28. The molecule has 5 nitrogen and oxygen atoms in total. The molecule has 0 aliphatic carbocycles. The third kappa shape index (κ3) is 2.54. The first-order chi connectivity index (χ1) is 8.81. The van der Waals surface area contributed by atoms with E-state index in [0.29, 0.717) is 11.9 Å². The molecule has 0 bridgehead atoms. The second kappa shape index (κ2) is 4.57. The number of aliphatic imine (C=N–C) groups is 2. The van der Waals surface area contributed by atoms with E-state index in [1.807, 2.05) is 30.9 Å². The molecule has 1 aromatic carbocycles. The highest BCUT2D eigenvalue weighted by Crippen LogP contribution is 2.28. The Morgan fingerprint density at radius 2 is 1.68 bits per heavy atom. The van der Waals surface area contributed by atoms with Crippen LogP contribution in [-0.4, -0.2) is 17.6 Å². The molecule has 0 spiro atoms. The lowest BCUT2D eigenvalue weighted by molar-refractivity contribution is 0.534. The van der Waals surface area contributed by atoms with Gasteiger partial charge in [-0.3, -0.25) is 4.90 Å². The van der Waals surface area contributed by atoms with Gasteiger partial charge in [0.2, 0.25) is 11.9 Å². The summed E-state index contributed by atoms with van der Waals surface area (Å²) in [6.45, 7) is 8.25. The van der Waals surface area contributed by atoms with Gasteiger partial charge < -0.3 is 11.5 Å². The van der Waals surface area contributed by atoms with Crippen LogP contribution in [0.3, 0.4) is 0 Å². The fraction of sp³-hybridized carbons (Fsp3) is 0.429. The van der Waals surface area contributed by atoms with Crippen molar-refractivity contribution in [2.75, 3.05) is 4.90 Å². The second-order valence-corrected chi connectivity index (χ2v) is 5.52. The number of hydrogen-bond donors (Lipinski definition) is 2. The van der Waals surface area contributed by atoms with E-state index in [-0.39, 0.29) is 5.96 Å². The summed E-state index contributed by atoms with van der Waals surface area (Å²) in [5, 5.41) is 0. The number of anilines is 1. The van der Waals surface area contributed by atoms with Crippen LogP contribution in [0.1, 0.15) is 39.2 Å². The maximum atomic E-state index is 5.99. The van der Waals surface area contributed by atoms with Crippen LogP contribution in [-0.2, 0) is 0 Å². The van der Waals surface area contributed by atoms with Crippen molar-refractivity contribution in [2.45, 2.75) is 39.3 Å². The number of nitrogens with two attached hydrogens (primary N) is 2. The molecular formula is C14H21N5. The van der Waals surface area contributed by atoms with Crippen LogP contribution in [0, 0.1) is 0 Å². The Bertz CT molecular complexity index is 525. The van der Waals surface area contributed by atoms with Crippen molar-refractivity contribution in [3.05, 3.63) is 29.8 Å². The highest BCUT2D eigenvalue weighted by atomic mass is 15.4. The SMILES string of the molecule is CC(C)c1ccc(N2C(N)=NC(N)=NC2(C)C)cc1. The Balaban J connectivity index is 2.38. The van der Waals surface area contributed by atoms with E-state index in [1.165, 1.54) is 5.56 Å². The molecule has 0 radical (unpaired) electrons. The summed E-state index contributed by atoms with van der Waals surface area (Å²) in [5.74, 6) is 1.09. The predicted molar refractivity (Wildman–Crippen MR) is 80.3 cm³/mol. The molecule has 1 heterocycles. The summed E-state index contributed by atoms with van der Waals surface area (Å²) in [6.07, 6.45) is 0. The van der Waals surface area contributed by atoms with E-state index in [4.69, 9.17) is 11.5 Å². The Morgan fingerprint density at radius 1 is 1.11 bits per heavy atom. The minimum atomic E-state index is -0.532. The molecule has 0 aromatic heterocycles. The van der Waals surface area contributed by atoms with Crippen molar-refractivity contribution in [3.63, 3.8) is 0 Å². The number of rotatable bonds is 2. The predicted octanol–water partition coefficient (Wildman–Crippen LogP) is 2.00. The minimum absolute atomic E-state index is 0.220. The zero-order valence-electron chi connectivity index (χ0n) is 11.9. The van der Waals surface area contributed by atoms with Crippen molar-refractivity contribution in [1.29, 1.82) is 0 Å². The quantitative estimate of drug-likeness (QED) is 0.852. The van der Waals surface area contributed by atoms with E-state index in [2.05, 4.69) is 36.0 Å². The normalized spacial score (nSPS) is 18.3. The Labute approximate surface area is 114 Å². The van der Waals surface area contributed by atoms with Crippen molar-refractivity contribution >= 4 is 17.6 Å². The van der Waals surface area contributed by atoms with Crippen LogP contribution >= 0.6 is 0 Å². The molecule has 0 fully saturated rings. The molecule has 0 saturated carbocycles.